The highest BCUT2D eigenvalue weighted by molar-refractivity contribution is 6.35. The van der Waals surface area contributed by atoms with Gasteiger partial charge in [0.1, 0.15) is 5.75 Å². The van der Waals surface area contributed by atoms with Crippen LogP contribution in [-0.2, 0) is 0 Å². The Balaban J connectivity index is 2.48. The fraction of sp³-hybridized carbons (Fsp3) is 0. The second-order valence-corrected chi connectivity index (χ2v) is 3.99. The SMILES string of the molecule is Nc1ccccc1C(=O)c1ccc(O)cc1Cl. The Kier molecular flexibility index (Phi) is 3.02. The van der Waals surface area contributed by atoms with Crippen LogP contribution in [0.3, 0.4) is 0 Å². The normalized spacial score (nSPS) is 10.2. The van der Waals surface area contributed by atoms with Crippen molar-refractivity contribution in [1.29, 1.82) is 0 Å². The lowest BCUT2D eigenvalue weighted by atomic mass is 10.0. The summed E-state index contributed by atoms with van der Waals surface area (Å²) in [5.41, 5.74) is 6.85. The number of hydrogen-bond donors (Lipinski definition) is 2. The summed E-state index contributed by atoms with van der Waals surface area (Å²) < 4.78 is 0. The first-order chi connectivity index (χ1) is 8.09. The van der Waals surface area contributed by atoms with Crippen LogP contribution in [0, 0.1) is 0 Å². The third-order valence-corrected chi connectivity index (χ3v) is 2.72. The number of nitrogens with two attached hydrogens (primary N) is 1. The first-order valence-corrected chi connectivity index (χ1v) is 5.35. The summed E-state index contributed by atoms with van der Waals surface area (Å²) in [5.74, 6) is -0.235. The number of phenols is 1. The molecule has 0 unspecified atom stereocenters. The third kappa shape index (κ3) is 2.24. The van der Waals surface area contributed by atoms with Crippen LogP contribution in [0.1, 0.15) is 15.9 Å². The van der Waals surface area contributed by atoms with Crippen LogP contribution < -0.4 is 5.73 Å². The first kappa shape index (κ1) is 11.5. The van der Waals surface area contributed by atoms with Gasteiger partial charge in [0.15, 0.2) is 5.78 Å². The molecular weight excluding hydrogens is 238 g/mol. The van der Waals surface area contributed by atoms with Crippen molar-refractivity contribution in [3.8, 4) is 5.75 Å². The number of ketones is 1. The van der Waals surface area contributed by atoms with Crippen molar-refractivity contribution in [2.24, 2.45) is 0 Å². The minimum atomic E-state index is -0.256. The number of carbonyl (C=O) groups excluding carboxylic acids is 1. The summed E-state index contributed by atoms with van der Waals surface area (Å²) in [4.78, 5) is 12.2. The molecule has 0 aliphatic rings. The molecule has 0 spiro atoms. The standard InChI is InChI=1S/C13H10ClNO2/c14-11-7-8(16)5-6-9(11)13(17)10-3-1-2-4-12(10)15/h1-7,16H,15H2. The lowest BCUT2D eigenvalue weighted by molar-refractivity contribution is 0.103. The van der Waals surface area contributed by atoms with E-state index < -0.39 is 0 Å². The Labute approximate surface area is 103 Å². The molecule has 0 atom stereocenters. The number of phenolic OH excluding ortho intramolecular Hbond substituents is 1. The van der Waals surface area contributed by atoms with Crippen LogP contribution in [0.2, 0.25) is 5.02 Å². The number of benzene rings is 2. The summed E-state index contributed by atoms with van der Waals surface area (Å²) in [6.45, 7) is 0. The van der Waals surface area contributed by atoms with E-state index in [-0.39, 0.29) is 16.6 Å². The zero-order chi connectivity index (χ0) is 12.4. The van der Waals surface area contributed by atoms with Gasteiger partial charge < -0.3 is 10.8 Å². The molecule has 0 aliphatic heterocycles. The molecule has 0 heterocycles. The predicted octanol–water partition coefficient (Wildman–Crippen LogP) is 2.86. The molecule has 0 saturated carbocycles. The van der Waals surface area contributed by atoms with Gasteiger partial charge in [0.2, 0.25) is 0 Å². The largest absolute Gasteiger partial charge is 0.508 e. The van der Waals surface area contributed by atoms with Crippen LogP contribution in [-0.4, -0.2) is 10.9 Å². The topological polar surface area (TPSA) is 63.3 Å². The second kappa shape index (κ2) is 4.47. The van der Waals surface area contributed by atoms with Gasteiger partial charge in [-0.25, -0.2) is 0 Å². The van der Waals surface area contributed by atoms with Gasteiger partial charge in [0.25, 0.3) is 0 Å². The molecule has 0 aromatic heterocycles. The summed E-state index contributed by atoms with van der Waals surface area (Å²) in [6.07, 6.45) is 0. The van der Waals surface area contributed by atoms with Gasteiger partial charge in [0.05, 0.1) is 5.02 Å². The molecule has 86 valence electrons. The summed E-state index contributed by atoms with van der Waals surface area (Å²) in [5, 5.41) is 9.43. The van der Waals surface area contributed by atoms with Gasteiger partial charge >= 0.3 is 0 Å². The number of halogens is 1. The first-order valence-electron chi connectivity index (χ1n) is 4.97. The highest BCUT2D eigenvalue weighted by atomic mass is 35.5. The Morgan fingerprint density at radius 2 is 1.82 bits per heavy atom. The monoisotopic (exact) mass is 247 g/mol. The highest BCUT2D eigenvalue weighted by Crippen LogP contribution is 2.25. The number of carbonyl (C=O) groups is 1. The summed E-state index contributed by atoms with van der Waals surface area (Å²) >= 11 is 5.90. The number of nitrogen functional groups attached to an aromatic ring is 1. The lowest BCUT2D eigenvalue weighted by Gasteiger charge is -2.06. The van der Waals surface area contributed by atoms with Crippen LogP contribution in [0.5, 0.6) is 5.75 Å². The molecule has 0 bridgehead atoms. The fourth-order valence-corrected chi connectivity index (χ4v) is 1.80. The molecule has 0 fully saturated rings. The molecule has 3 N–H and O–H groups in total. The van der Waals surface area contributed by atoms with Crippen molar-refractivity contribution >= 4 is 23.1 Å². The average molecular weight is 248 g/mol. The molecule has 4 heteroatoms. The average Bonchev–Trinajstić information content (AvgIpc) is 2.29. The lowest BCUT2D eigenvalue weighted by Crippen LogP contribution is -2.05. The van der Waals surface area contributed by atoms with E-state index in [2.05, 4.69) is 0 Å². The minimum absolute atomic E-state index is 0.0209. The van der Waals surface area contributed by atoms with Crippen molar-refractivity contribution in [3.05, 3.63) is 58.6 Å². The van der Waals surface area contributed by atoms with Gasteiger partial charge in [-0.2, -0.15) is 0 Å². The van der Waals surface area contributed by atoms with E-state index >= 15 is 0 Å². The number of para-hydroxylation sites is 1. The maximum absolute atomic E-state index is 12.2. The highest BCUT2D eigenvalue weighted by Gasteiger charge is 2.15. The van der Waals surface area contributed by atoms with Crippen molar-refractivity contribution in [2.75, 3.05) is 5.73 Å². The van der Waals surface area contributed by atoms with Gasteiger partial charge in [-0.15, -0.1) is 0 Å². The zero-order valence-corrected chi connectivity index (χ0v) is 9.61. The molecule has 2 aromatic rings. The maximum Gasteiger partial charge on any atom is 0.196 e. The molecule has 3 nitrogen and oxygen atoms in total. The van der Waals surface area contributed by atoms with Gasteiger partial charge in [-0.05, 0) is 30.3 Å². The summed E-state index contributed by atoms with van der Waals surface area (Å²) in [6, 6.07) is 11.0. The third-order valence-electron chi connectivity index (χ3n) is 2.40. The van der Waals surface area contributed by atoms with E-state index in [1.165, 1.54) is 18.2 Å². The quantitative estimate of drug-likeness (QED) is 0.634. The Morgan fingerprint density at radius 3 is 2.47 bits per heavy atom. The molecule has 2 rings (SSSR count). The van der Waals surface area contributed by atoms with E-state index in [0.717, 1.165) is 0 Å². The molecule has 17 heavy (non-hydrogen) atoms. The number of hydrogen-bond acceptors (Lipinski definition) is 3. The van der Waals surface area contributed by atoms with E-state index in [9.17, 15) is 9.90 Å². The number of aromatic hydroxyl groups is 1. The van der Waals surface area contributed by atoms with Crippen molar-refractivity contribution < 1.29 is 9.90 Å². The molecule has 0 saturated heterocycles. The van der Waals surface area contributed by atoms with Gasteiger partial charge in [-0.1, -0.05) is 23.7 Å². The van der Waals surface area contributed by atoms with E-state index in [1.54, 1.807) is 24.3 Å². The van der Waals surface area contributed by atoms with E-state index in [0.29, 0.717) is 16.8 Å². The van der Waals surface area contributed by atoms with Crippen molar-refractivity contribution in [3.63, 3.8) is 0 Å². The van der Waals surface area contributed by atoms with Gasteiger partial charge in [0, 0.05) is 16.8 Å². The Bertz CT molecular complexity index is 581. The van der Waals surface area contributed by atoms with Crippen LogP contribution in [0.25, 0.3) is 0 Å². The molecule has 2 aromatic carbocycles. The molecule has 0 radical (unpaired) electrons. The fourth-order valence-electron chi connectivity index (χ4n) is 1.54. The maximum atomic E-state index is 12.2. The molecular formula is C13H10ClNO2. The molecule has 0 aliphatic carbocycles. The van der Waals surface area contributed by atoms with E-state index in [1.807, 2.05) is 0 Å². The zero-order valence-electron chi connectivity index (χ0n) is 8.85. The smallest absolute Gasteiger partial charge is 0.196 e. The Morgan fingerprint density at radius 1 is 1.12 bits per heavy atom. The van der Waals surface area contributed by atoms with Crippen LogP contribution in [0.4, 0.5) is 5.69 Å². The molecule has 0 amide bonds. The van der Waals surface area contributed by atoms with E-state index in [4.69, 9.17) is 17.3 Å². The second-order valence-electron chi connectivity index (χ2n) is 3.58. The minimum Gasteiger partial charge on any atom is -0.508 e. The summed E-state index contributed by atoms with van der Waals surface area (Å²) in [7, 11) is 0. The van der Waals surface area contributed by atoms with Crippen LogP contribution >= 0.6 is 11.6 Å². The van der Waals surface area contributed by atoms with Crippen molar-refractivity contribution in [1.82, 2.24) is 0 Å². The predicted molar refractivity (Wildman–Crippen MR) is 67.4 cm³/mol. The van der Waals surface area contributed by atoms with Crippen LogP contribution in [0.15, 0.2) is 42.5 Å². The number of rotatable bonds is 2. The van der Waals surface area contributed by atoms with Crippen molar-refractivity contribution in [2.45, 2.75) is 0 Å². The number of anilines is 1. The van der Waals surface area contributed by atoms with Gasteiger partial charge in [-0.3, -0.25) is 4.79 Å². The Hall–Kier alpha value is -2.00.